The molecule has 21 heavy (non-hydrogen) atoms. The summed E-state index contributed by atoms with van der Waals surface area (Å²) in [7, 11) is 2.01. The summed E-state index contributed by atoms with van der Waals surface area (Å²) in [5.41, 5.74) is 2.02. The van der Waals surface area contributed by atoms with Crippen molar-refractivity contribution in [2.24, 2.45) is 5.92 Å². The molecule has 0 aromatic carbocycles. The Morgan fingerprint density at radius 2 is 2.38 bits per heavy atom. The molecule has 1 saturated heterocycles. The number of pyridine rings is 1. The average Bonchev–Trinajstić information content (AvgIpc) is 2.98. The SMILES string of the molecule is CNCC1CCCN(c2n[nH]c(-c3ccnc(C)c3)n2)C1. The quantitative estimate of drug-likeness (QED) is 0.893. The normalized spacial score (nSPS) is 19.0. The second kappa shape index (κ2) is 6.22. The van der Waals surface area contributed by atoms with E-state index >= 15 is 0 Å². The fourth-order valence-corrected chi connectivity index (χ4v) is 2.92. The molecule has 1 fully saturated rings. The van der Waals surface area contributed by atoms with Crippen molar-refractivity contribution in [3.05, 3.63) is 24.0 Å². The molecular weight excluding hydrogens is 264 g/mol. The van der Waals surface area contributed by atoms with E-state index in [1.165, 1.54) is 12.8 Å². The van der Waals surface area contributed by atoms with E-state index < -0.39 is 0 Å². The highest BCUT2D eigenvalue weighted by atomic mass is 15.4. The summed E-state index contributed by atoms with van der Waals surface area (Å²) in [6.45, 7) is 5.09. The van der Waals surface area contributed by atoms with E-state index in [0.29, 0.717) is 5.92 Å². The molecule has 1 atom stereocenters. The number of nitrogens with zero attached hydrogens (tertiary/aromatic N) is 4. The number of aromatic amines is 1. The summed E-state index contributed by atoms with van der Waals surface area (Å²) in [6, 6.07) is 3.97. The van der Waals surface area contributed by atoms with Crippen LogP contribution in [0, 0.1) is 12.8 Å². The van der Waals surface area contributed by atoms with E-state index in [2.05, 4.69) is 30.4 Å². The fraction of sp³-hybridized carbons (Fsp3) is 0.533. The number of H-pyrrole nitrogens is 1. The van der Waals surface area contributed by atoms with Crippen molar-refractivity contribution in [3.63, 3.8) is 0 Å². The van der Waals surface area contributed by atoms with Gasteiger partial charge in [-0.15, -0.1) is 5.10 Å². The molecule has 2 N–H and O–H groups in total. The number of hydrogen-bond donors (Lipinski definition) is 2. The highest BCUT2D eigenvalue weighted by molar-refractivity contribution is 5.56. The lowest BCUT2D eigenvalue weighted by atomic mass is 9.98. The zero-order chi connectivity index (χ0) is 14.7. The number of nitrogens with one attached hydrogen (secondary N) is 2. The Kier molecular flexibility index (Phi) is 4.15. The van der Waals surface area contributed by atoms with Crippen molar-refractivity contribution in [1.82, 2.24) is 25.5 Å². The molecule has 0 bridgehead atoms. The van der Waals surface area contributed by atoms with E-state index in [4.69, 9.17) is 0 Å². The zero-order valence-electron chi connectivity index (χ0n) is 12.6. The van der Waals surface area contributed by atoms with Gasteiger partial charge in [0.05, 0.1) is 0 Å². The summed E-state index contributed by atoms with van der Waals surface area (Å²) in [4.78, 5) is 11.1. The first-order valence-electron chi connectivity index (χ1n) is 7.51. The van der Waals surface area contributed by atoms with Crippen LogP contribution in [-0.2, 0) is 0 Å². The van der Waals surface area contributed by atoms with Gasteiger partial charge in [-0.25, -0.2) is 0 Å². The average molecular weight is 286 g/mol. The summed E-state index contributed by atoms with van der Waals surface area (Å²) in [5, 5.41) is 10.7. The third-order valence-electron chi connectivity index (χ3n) is 3.94. The van der Waals surface area contributed by atoms with Crippen LogP contribution in [0.5, 0.6) is 0 Å². The van der Waals surface area contributed by atoms with Crippen LogP contribution in [0.15, 0.2) is 18.3 Å². The van der Waals surface area contributed by atoms with Crippen molar-refractivity contribution in [3.8, 4) is 11.4 Å². The fourth-order valence-electron chi connectivity index (χ4n) is 2.92. The van der Waals surface area contributed by atoms with Gasteiger partial charge in [-0.1, -0.05) is 0 Å². The van der Waals surface area contributed by atoms with E-state index in [1.54, 1.807) is 6.20 Å². The molecule has 0 spiro atoms. The molecule has 2 aromatic rings. The van der Waals surface area contributed by atoms with E-state index in [-0.39, 0.29) is 0 Å². The van der Waals surface area contributed by atoms with E-state index in [9.17, 15) is 0 Å². The van der Waals surface area contributed by atoms with Crippen molar-refractivity contribution in [2.75, 3.05) is 31.6 Å². The lowest BCUT2D eigenvalue weighted by Crippen LogP contribution is -2.39. The molecule has 112 valence electrons. The van der Waals surface area contributed by atoms with E-state index in [1.807, 2.05) is 26.1 Å². The summed E-state index contributed by atoms with van der Waals surface area (Å²) < 4.78 is 0. The lowest BCUT2D eigenvalue weighted by molar-refractivity contribution is 0.399. The number of rotatable bonds is 4. The summed E-state index contributed by atoms with van der Waals surface area (Å²) >= 11 is 0. The molecule has 6 nitrogen and oxygen atoms in total. The lowest BCUT2D eigenvalue weighted by Gasteiger charge is -2.31. The predicted molar refractivity (Wildman–Crippen MR) is 83.2 cm³/mol. The first kappa shape index (κ1) is 14.0. The number of aromatic nitrogens is 4. The van der Waals surface area contributed by atoms with Crippen LogP contribution in [0.25, 0.3) is 11.4 Å². The number of aryl methyl sites for hydroxylation is 1. The molecule has 3 heterocycles. The molecule has 0 saturated carbocycles. The van der Waals surface area contributed by atoms with Crippen LogP contribution in [0.4, 0.5) is 5.95 Å². The number of piperidine rings is 1. The van der Waals surface area contributed by atoms with Crippen molar-refractivity contribution in [2.45, 2.75) is 19.8 Å². The zero-order valence-corrected chi connectivity index (χ0v) is 12.6. The summed E-state index contributed by atoms with van der Waals surface area (Å²) in [5.74, 6) is 2.29. The third kappa shape index (κ3) is 3.21. The van der Waals surface area contributed by atoms with Gasteiger partial charge in [0.15, 0.2) is 5.82 Å². The number of anilines is 1. The highest BCUT2D eigenvalue weighted by Crippen LogP contribution is 2.22. The Hall–Kier alpha value is -1.95. The van der Waals surface area contributed by atoms with Gasteiger partial charge in [0.1, 0.15) is 0 Å². The maximum absolute atomic E-state index is 4.65. The molecule has 0 aliphatic carbocycles. The third-order valence-corrected chi connectivity index (χ3v) is 3.94. The largest absolute Gasteiger partial charge is 0.339 e. The van der Waals surface area contributed by atoms with Crippen LogP contribution < -0.4 is 10.2 Å². The first-order chi connectivity index (χ1) is 10.3. The maximum atomic E-state index is 4.65. The van der Waals surface area contributed by atoms with Crippen molar-refractivity contribution >= 4 is 5.95 Å². The molecule has 3 rings (SSSR count). The van der Waals surface area contributed by atoms with Gasteiger partial charge in [-0.05, 0) is 51.4 Å². The van der Waals surface area contributed by atoms with Gasteiger partial charge < -0.3 is 10.2 Å². The first-order valence-corrected chi connectivity index (χ1v) is 7.51. The molecule has 1 aliphatic heterocycles. The van der Waals surface area contributed by atoms with Crippen molar-refractivity contribution in [1.29, 1.82) is 0 Å². The minimum atomic E-state index is 0.675. The van der Waals surface area contributed by atoms with Gasteiger partial charge in [-0.2, -0.15) is 4.98 Å². The molecule has 1 unspecified atom stereocenters. The Morgan fingerprint density at radius 1 is 1.48 bits per heavy atom. The van der Waals surface area contributed by atoms with Gasteiger partial charge in [0.25, 0.3) is 0 Å². The van der Waals surface area contributed by atoms with Gasteiger partial charge in [-0.3, -0.25) is 10.1 Å². The topological polar surface area (TPSA) is 69.7 Å². The van der Waals surface area contributed by atoms with Gasteiger partial charge in [0.2, 0.25) is 5.95 Å². The standard InChI is InChI=1S/C15H22N6/c1-11-8-13(5-6-17-11)14-18-15(20-19-14)21-7-3-4-12(10-21)9-16-2/h5-6,8,12,16H,3-4,7,9-10H2,1-2H3,(H,18,19,20). The molecule has 0 amide bonds. The van der Waals surface area contributed by atoms with Gasteiger partial charge >= 0.3 is 0 Å². The van der Waals surface area contributed by atoms with Crippen molar-refractivity contribution < 1.29 is 0 Å². The minimum Gasteiger partial charge on any atom is -0.339 e. The Bertz CT molecular complexity index is 591. The van der Waals surface area contributed by atoms with Crippen LogP contribution in [-0.4, -0.2) is 46.8 Å². The summed E-state index contributed by atoms with van der Waals surface area (Å²) in [6.07, 6.45) is 4.28. The molecule has 0 radical (unpaired) electrons. The molecule has 2 aromatic heterocycles. The Morgan fingerprint density at radius 3 is 3.19 bits per heavy atom. The second-order valence-electron chi connectivity index (χ2n) is 5.68. The Labute approximate surface area is 125 Å². The molecule has 1 aliphatic rings. The smallest absolute Gasteiger partial charge is 0.245 e. The van der Waals surface area contributed by atoms with Crippen LogP contribution in [0.2, 0.25) is 0 Å². The van der Waals surface area contributed by atoms with E-state index in [0.717, 1.165) is 42.7 Å². The molecule has 6 heteroatoms. The van der Waals surface area contributed by atoms with Crippen LogP contribution in [0.1, 0.15) is 18.5 Å². The predicted octanol–water partition coefficient (Wildman–Crippen LogP) is 1.61. The maximum Gasteiger partial charge on any atom is 0.245 e. The van der Waals surface area contributed by atoms with Gasteiger partial charge in [0, 0.05) is 30.5 Å². The second-order valence-corrected chi connectivity index (χ2v) is 5.68. The highest BCUT2D eigenvalue weighted by Gasteiger charge is 2.22. The monoisotopic (exact) mass is 286 g/mol. The van der Waals surface area contributed by atoms with Crippen LogP contribution in [0.3, 0.4) is 0 Å². The minimum absolute atomic E-state index is 0.675. The van der Waals surface area contributed by atoms with Crippen LogP contribution >= 0.6 is 0 Å². The molecular formula is C15H22N6. The number of hydrogen-bond acceptors (Lipinski definition) is 5. The Balaban J connectivity index is 1.75.